The van der Waals surface area contributed by atoms with E-state index in [4.69, 9.17) is 4.74 Å². The van der Waals surface area contributed by atoms with Crippen LogP contribution in [0.1, 0.15) is 32.5 Å². The lowest BCUT2D eigenvalue weighted by atomic mass is 10.1. The summed E-state index contributed by atoms with van der Waals surface area (Å²) in [6.45, 7) is 1.66. The van der Waals surface area contributed by atoms with E-state index >= 15 is 0 Å². The minimum Gasteiger partial charge on any atom is -0.462 e. The Bertz CT molecular complexity index is 673. The molecule has 7 heteroatoms. The number of hydrogen-bond acceptors (Lipinski definition) is 4. The van der Waals surface area contributed by atoms with Gasteiger partial charge in [0.1, 0.15) is 4.88 Å². The highest BCUT2D eigenvalue weighted by molar-refractivity contribution is 7.21. The number of hydrogen-bond donors (Lipinski definition) is 0. The van der Waals surface area contributed by atoms with Crippen LogP contribution in [0.3, 0.4) is 0 Å². The molecule has 1 aromatic carbocycles. The zero-order valence-electron chi connectivity index (χ0n) is 10.3. The smallest absolute Gasteiger partial charge is 0.417 e. The Balaban J connectivity index is 2.76. The third-order valence-corrected chi connectivity index (χ3v) is 3.79. The van der Waals surface area contributed by atoms with Crippen LogP contribution in [0.2, 0.25) is 0 Å². The number of carbonyl (C=O) groups excluding carboxylic acids is 2. The molecular weight excluding hydrogens is 293 g/mol. The van der Waals surface area contributed by atoms with Gasteiger partial charge < -0.3 is 4.74 Å². The van der Waals surface area contributed by atoms with E-state index in [0.717, 1.165) is 17.4 Å². The van der Waals surface area contributed by atoms with Crippen molar-refractivity contribution in [3.05, 3.63) is 34.2 Å². The van der Waals surface area contributed by atoms with Gasteiger partial charge in [0.15, 0.2) is 6.29 Å². The van der Waals surface area contributed by atoms with Crippen molar-refractivity contribution in [1.29, 1.82) is 0 Å². The molecule has 0 saturated heterocycles. The molecule has 0 aliphatic rings. The number of thiophene rings is 1. The van der Waals surface area contributed by atoms with Crippen LogP contribution >= 0.6 is 11.3 Å². The first-order valence-corrected chi connectivity index (χ1v) is 6.46. The predicted octanol–water partition coefficient (Wildman–Crippen LogP) is 3.91. The number of carbonyl (C=O) groups is 2. The fourth-order valence-electron chi connectivity index (χ4n) is 1.87. The van der Waals surface area contributed by atoms with Gasteiger partial charge in [-0.3, -0.25) is 4.79 Å². The van der Waals surface area contributed by atoms with Crippen LogP contribution in [-0.2, 0) is 10.9 Å². The summed E-state index contributed by atoms with van der Waals surface area (Å²) in [6, 6.07) is 3.56. The Labute approximate surface area is 116 Å². The van der Waals surface area contributed by atoms with Gasteiger partial charge in [0, 0.05) is 15.6 Å². The molecule has 0 bridgehead atoms. The molecule has 0 saturated carbocycles. The second-order valence-electron chi connectivity index (χ2n) is 3.86. The maximum Gasteiger partial charge on any atom is 0.417 e. The standard InChI is InChI=1S/C13H9F3O3S/c1-2-19-12(18)11-7(6-17)10-8(13(14,15)16)4-3-5-9(10)20-11/h3-6H,2H2,1H3. The largest absolute Gasteiger partial charge is 0.462 e. The molecule has 0 radical (unpaired) electrons. The fraction of sp³-hybridized carbons (Fsp3) is 0.231. The Morgan fingerprint density at radius 3 is 2.65 bits per heavy atom. The highest BCUT2D eigenvalue weighted by Crippen LogP contribution is 2.40. The molecule has 0 N–H and O–H groups in total. The van der Waals surface area contributed by atoms with Crippen LogP contribution in [-0.4, -0.2) is 18.9 Å². The lowest BCUT2D eigenvalue weighted by Crippen LogP contribution is -2.08. The topological polar surface area (TPSA) is 43.4 Å². The number of aldehydes is 1. The van der Waals surface area contributed by atoms with Crippen molar-refractivity contribution in [2.24, 2.45) is 0 Å². The quantitative estimate of drug-likeness (QED) is 0.638. The fourth-order valence-corrected chi connectivity index (χ4v) is 2.96. The SMILES string of the molecule is CCOC(=O)c1sc2cccc(C(F)(F)F)c2c1C=O. The number of benzene rings is 1. The summed E-state index contributed by atoms with van der Waals surface area (Å²) >= 11 is 0.821. The summed E-state index contributed by atoms with van der Waals surface area (Å²) in [6.07, 6.45) is -4.33. The first-order valence-electron chi connectivity index (χ1n) is 5.65. The van der Waals surface area contributed by atoms with E-state index < -0.39 is 17.7 Å². The number of rotatable bonds is 3. The molecule has 0 aliphatic heterocycles. The van der Waals surface area contributed by atoms with Crippen LogP contribution in [0.15, 0.2) is 18.2 Å². The summed E-state index contributed by atoms with van der Waals surface area (Å²) in [5.41, 5.74) is -1.19. The molecule has 2 aromatic rings. The molecule has 0 atom stereocenters. The molecule has 2 rings (SSSR count). The van der Waals surface area contributed by atoms with Gasteiger partial charge in [-0.15, -0.1) is 11.3 Å². The van der Waals surface area contributed by atoms with Gasteiger partial charge in [-0.25, -0.2) is 4.79 Å². The molecule has 20 heavy (non-hydrogen) atoms. The molecule has 3 nitrogen and oxygen atoms in total. The van der Waals surface area contributed by atoms with Crippen molar-refractivity contribution in [3.8, 4) is 0 Å². The van der Waals surface area contributed by atoms with Gasteiger partial charge in [-0.1, -0.05) is 6.07 Å². The van der Waals surface area contributed by atoms with Crippen LogP contribution in [0.4, 0.5) is 13.2 Å². The second kappa shape index (κ2) is 5.24. The van der Waals surface area contributed by atoms with Crippen molar-refractivity contribution in [3.63, 3.8) is 0 Å². The summed E-state index contributed by atoms with van der Waals surface area (Å²) < 4.78 is 43.9. The van der Waals surface area contributed by atoms with E-state index in [-0.39, 0.29) is 33.4 Å². The van der Waals surface area contributed by atoms with Crippen molar-refractivity contribution in [2.45, 2.75) is 13.1 Å². The summed E-state index contributed by atoms with van der Waals surface area (Å²) in [7, 11) is 0. The highest BCUT2D eigenvalue weighted by Gasteiger charge is 2.35. The average molecular weight is 302 g/mol. The van der Waals surface area contributed by atoms with E-state index in [2.05, 4.69) is 0 Å². The first kappa shape index (κ1) is 14.5. The van der Waals surface area contributed by atoms with Crippen LogP contribution < -0.4 is 0 Å². The normalized spacial score (nSPS) is 11.6. The number of halogens is 3. The molecule has 1 heterocycles. The Kier molecular flexibility index (Phi) is 3.80. The molecule has 0 amide bonds. The highest BCUT2D eigenvalue weighted by atomic mass is 32.1. The van der Waals surface area contributed by atoms with Gasteiger partial charge in [-0.05, 0) is 19.1 Å². The van der Waals surface area contributed by atoms with E-state index in [1.807, 2.05) is 0 Å². The minimum absolute atomic E-state index is 0.0809. The number of ether oxygens (including phenoxy) is 1. The van der Waals surface area contributed by atoms with Crippen LogP contribution in [0.25, 0.3) is 10.1 Å². The van der Waals surface area contributed by atoms with Gasteiger partial charge >= 0.3 is 12.1 Å². The monoisotopic (exact) mass is 302 g/mol. The summed E-state index contributed by atoms with van der Waals surface area (Å²) in [5, 5.41) is -0.247. The third-order valence-electron chi connectivity index (χ3n) is 2.64. The molecule has 0 aliphatic carbocycles. The van der Waals surface area contributed by atoms with Gasteiger partial charge in [0.05, 0.1) is 12.2 Å². The molecular formula is C13H9F3O3S. The summed E-state index contributed by atoms with van der Waals surface area (Å²) in [4.78, 5) is 22.7. The van der Waals surface area contributed by atoms with E-state index in [0.29, 0.717) is 0 Å². The lowest BCUT2D eigenvalue weighted by Gasteiger charge is -2.08. The minimum atomic E-state index is -4.59. The van der Waals surface area contributed by atoms with Crippen molar-refractivity contribution < 1.29 is 27.5 Å². The van der Waals surface area contributed by atoms with Crippen molar-refractivity contribution in [2.75, 3.05) is 6.61 Å². The Morgan fingerprint density at radius 1 is 1.40 bits per heavy atom. The number of fused-ring (bicyclic) bond motifs is 1. The third kappa shape index (κ3) is 2.40. The molecule has 0 fully saturated rings. The Hall–Kier alpha value is -1.89. The zero-order chi connectivity index (χ0) is 14.9. The van der Waals surface area contributed by atoms with E-state index in [1.165, 1.54) is 12.1 Å². The zero-order valence-corrected chi connectivity index (χ0v) is 11.1. The maximum atomic E-state index is 13.0. The first-order chi connectivity index (χ1) is 9.40. The molecule has 0 unspecified atom stereocenters. The molecule has 106 valence electrons. The van der Waals surface area contributed by atoms with Crippen LogP contribution in [0.5, 0.6) is 0 Å². The lowest BCUT2D eigenvalue weighted by molar-refractivity contribution is -0.136. The number of esters is 1. The van der Waals surface area contributed by atoms with E-state index in [1.54, 1.807) is 6.92 Å². The van der Waals surface area contributed by atoms with Crippen molar-refractivity contribution in [1.82, 2.24) is 0 Å². The van der Waals surface area contributed by atoms with Gasteiger partial charge in [0.2, 0.25) is 0 Å². The molecule has 1 aromatic heterocycles. The second-order valence-corrected chi connectivity index (χ2v) is 4.91. The van der Waals surface area contributed by atoms with E-state index in [9.17, 15) is 22.8 Å². The number of alkyl halides is 3. The van der Waals surface area contributed by atoms with Gasteiger partial charge in [-0.2, -0.15) is 13.2 Å². The Morgan fingerprint density at radius 2 is 2.10 bits per heavy atom. The van der Waals surface area contributed by atoms with Gasteiger partial charge in [0.25, 0.3) is 0 Å². The average Bonchev–Trinajstić information content (AvgIpc) is 2.76. The predicted molar refractivity (Wildman–Crippen MR) is 68.2 cm³/mol. The molecule has 0 spiro atoms. The van der Waals surface area contributed by atoms with Crippen molar-refractivity contribution >= 4 is 33.7 Å². The maximum absolute atomic E-state index is 13.0. The van der Waals surface area contributed by atoms with Crippen LogP contribution in [0, 0.1) is 0 Å². The summed E-state index contributed by atoms with van der Waals surface area (Å²) in [5.74, 6) is -0.788.